The highest BCUT2D eigenvalue weighted by Crippen LogP contribution is 2.48. The average molecular weight is 220 g/mol. The summed E-state index contributed by atoms with van der Waals surface area (Å²) in [6.45, 7) is 0. The number of epoxide rings is 1. The average Bonchev–Trinajstić information content (AvgIpc) is 3.12. The Labute approximate surface area is 93.0 Å². The van der Waals surface area contributed by atoms with Crippen LogP contribution in [-0.4, -0.2) is 17.3 Å². The monoisotopic (exact) mass is 220 g/mol. The van der Waals surface area contributed by atoms with Crippen LogP contribution in [-0.2, 0) is 9.53 Å². The summed E-state index contributed by atoms with van der Waals surface area (Å²) in [5.74, 6) is -0.650. The molecular weight excluding hydrogens is 206 g/mol. The molecule has 1 aromatic rings. The minimum absolute atomic E-state index is 0.0820. The highest BCUT2D eigenvalue weighted by molar-refractivity contribution is 5.75. The van der Waals surface area contributed by atoms with E-state index in [0.29, 0.717) is 0 Å². The highest BCUT2D eigenvalue weighted by atomic mass is 16.6. The Balaban J connectivity index is 1.72. The van der Waals surface area contributed by atoms with Gasteiger partial charge in [-0.2, -0.15) is 0 Å². The van der Waals surface area contributed by atoms with Gasteiger partial charge >= 0.3 is 5.97 Å². The predicted molar refractivity (Wildman–Crippen MR) is 55.4 cm³/mol. The number of ether oxygens (including phenoxy) is 1. The van der Waals surface area contributed by atoms with Crippen molar-refractivity contribution >= 4 is 5.97 Å². The third kappa shape index (κ3) is 1.60. The van der Waals surface area contributed by atoms with Crippen LogP contribution in [0.25, 0.3) is 0 Å². The van der Waals surface area contributed by atoms with E-state index in [4.69, 9.17) is 9.84 Å². The van der Waals surface area contributed by atoms with Gasteiger partial charge in [0.25, 0.3) is 0 Å². The predicted octanol–water partition coefficient (Wildman–Crippen LogP) is 0.514. The molecule has 4 heteroatoms. The number of benzene rings is 1. The maximum Gasteiger partial charge on any atom is 0.307 e. The quantitative estimate of drug-likeness (QED) is 0.729. The van der Waals surface area contributed by atoms with E-state index >= 15 is 0 Å². The molecule has 1 aromatic carbocycles. The summed E-state index contributed by atoms with van der Waals surface area (Å²) in [5, 5.41) is 8.84. The van der Waals surface area contributed by atoms with Gasteiger partial charge in [0.15, 0.2) is 6.10 Å². The second kappa shape index (κ2) is 3.30. The molecule has 0 radical (unpaired) electrons. The number of hydrogen-bond acceptors (Lipinski definition) is 2. The molecule has 0 aromatic heterocycles. The summed E-state index contributed by atoms with van der Waals surface area (Å²) in [4.78, 5) is 10.7. The van der Waals surface area contributed by atoms with Gasteiger partial charge < -0.3 is 15.6 Å². The lowest BCUT2D eigenvalue weighted by Crippen LogP contribution is -2.53. The SMILES string of the molecule is [NH3+]C1OC1c1ccc(C2CC2C(=O)O)cc1. The zero-order valence-corrected chi connectivity index (χ0v) is 8.80. The van der Waals surface area contributed by atoms with Crippen molar-refractivity contribution in [3.63, 3.8) is 0 Å². The molecule has 16 heavy (non-hydrogen) atoms. The molecular formula is C12H14NO3+. The van der Waals surface area contributed by atoms with Crippen LogP contribution in [0.15, 0.2) is 24.3 Å². The van der Waals surface area contributed by atoms with Gasteiger partial charge in [0, 0.05) is 0 Å². The van der Waals surface area contributed by atoms with Crippen LogP contribution in [0.1, 0.15) is 29.6 Å². The van der Waals surface area contributed by atoms with Crippen molar-refractivity contribution in [1.82, 2.24) is 0 Å². The van der Waals surface area contributed by atoms with Crippen molar-refractivity contribution in [2.24, 2.45) is 5.92 Å². The van der Waals surface area contributed by atoms with Gasteiger partial charge in [-0.15, -0.1) is 0 Å². The third-order valence-electron chi connectivity index (χ3n) is 3.38. The fourth-order valence-electron chi connectivity index (χ4n) is 2.21. The molecule has 0 spiro atoms. The number of rotatable bonds is 3. The molecule has 84 valence electrons. The second-order valence-electron chi connectivity index (χ2n) is 4.55. The molecule has 1 heterocycles. The van der Waals surface area contributed by atoms with Gasteiger partial charge in [-0.1, -0.05) is 24.3 Å². The fourth-order valence-corrected chi connectivity index (χ4v) is 2.21. The summed E-state index contributed by atoms with van der Waals surface area (Å²) in [7, 11) is 0. The van der Waals surface area contributed by atoms with Crippen LogP contribution >= 0.6 is 0 Å². The van der Waals surface area contributed by atoms with Crippen molar-refractivity contribution in [3.05, 3.63) is 35.4 Å². The number of carboxylic acids is 1. The molecule has 4 nitrogen and oxygen atoms in total. The molecule has 1 saturated carbocycles. The molecule has 0 amide bonds. The molecule has 1 aliphatic heterocycles. The Morgan fingerprint density at radius 1 is 1.31 bits per heavy atom. The molecule has 4 atom stereocenters. The maximum absolute atomic E-state index is 10.7. The lowest BCUT2D eigenvalue weighted by atomic mass is 10.0. The Kier molecular flexibility index (Phi) is 2.02. The van der Waals surface area contributed by atoms with E-state index in [1.54, 1.807) is 0 Å². The summed E-state index contributed by atoms with van der Waals surface area (Å²) < 4.78 is 5.27. The van der Waals surface area contributed by atoms with Gasteiger partial charge in [0.1, 0.15) is 0 Å². The Hall–Kier alpha value is -1.39. The summed E-state index contributed by atoms with van der Waals surface area (Å²) >= 11 is 0. The zero-order valence-electron chi connectivity index (χ0n) is 8.80. The second-order valence-corrected chi connectivity index (χ2v) is 4.55. The van der Waals surface area contributed by atoms with Gasteiger partial charge in [-0.25, -0.2) is 0 Å². The van der Waals surface area contributed by atoms with E-state index in [1.807, 2.05) is 24.3 Å². The summed E-state index contributed by atoms with van der Waals surface area (Å²) in [6.07, 6.45) is 0.995. The van der Waals surface area contributed by atoms with Gasteiger partial charge in [0.05, 0.1) is 5.92 Å². The van der Waals surface area contributed by atoms with Crippen LogP contribution in [0.2, 0.25) is 0 Å². The molecule has 4 N–H and O–H groups in total. The van der Waals surface area contributed by atoms with E-state index in [-0.39, 0.29) is 24.2 Å². The minimum Gasteiger partial charge on any atom is -0.481 e. The number of carboxylic acid groups (broad SMARTS) is 1. The summed E-state index contributed by atoms with van der Waals surface area (Å²) in [6, 6.07) is 8.06. The number of hydrogen-bond donors (Lipinski definition) is 2. The Bertz CT molecular complexity index is 428. The van der Waals surface area contributed by atoms with Crippen molar-refractivity contribution in [2.45, 2.75) is 24.7 Å². The van der Waals surface area contributed by atoms with E-state index in [0.717, 1.165) is 17.5 Å². The van der Waals surface area contributed by atoms with Crippen molar-refractivity contribution in [3.8, 4) is 0 Å². The van der Waals surface area contributed by atoms with Crippen LogP contribution in [0.5, 0.6) is 0 Å². The lowest BCUT2D eigenvalue weighted by molar-refractivity contribution is -0.412. The fraction of sp³-hybridized carbons (Fsp3) is 0.417. The Morgan fingerprint density at radius 2 is 1.88 bits per heavy atom. The molecule has 2 aliphatic rings. The van der Waals surface area contributed by atoms with Crippen LogP contribution < -0.4 is 5.73 Å². The smallest absolute Gasteiger partial charge is 0.307 e. The van der Waals surface area contributed by atoms with E-state index in [9.17, 15) is 4.79 Å². The molecule has 3 rings (SSSR count). The van der Waals surface area contributed by atoms with Crippen LogP contribution in [0, 0.1) is 5.92 Å². The molecule has 1 aliphatic carbocycles. The topological polar surface area (TPSA) is 77.5 Å². The molecule has 1 saturated heterocycles. The first-order chi connectivity index (χ1) is 7.66. The van der Waals surface area contributed by atoms with E-state index in [1.165, 1.54) is 0 Å². The standard InChI is InChI=1S/C12H13NO3/c13-11-10(16-11)7-3-1-6(2-4-7)8-5-9(8)12(14)15/h1-4,8-11H,5,13H2,(H,14,15)/p+1. The zero-order chi connectivity index (χ0) is 11.3. The molecule has 0 bridgehead atoms. The van der Waals surface area contributed by atoms with Crippen molar-refractivity contribution < 1.29 is 20.4 Å². The number of quaternary nitrogens is 1. The first kappa shape index (κ1) is 9.81. The third-order valence-corrected chi connectivity index (χ3v) is 3.38. The van der Waals surface area contributed by atoms with E-state index in [2.05, 4.69) is 5.73 Å². The highest BCUT2D eigenvalue weighted by Gasteiger charge is 2.45. The van der Waals surface area contributed by atoms with E-state index < -0.39 is 5.97 Å². The minimum atomic E-state index is -0.683. The first-order valence-corrected chi connectivity index (χ1v) is 5.48. The van der Waals surface area contributed by atoms with Gasteiger partial charge in [-0.3, -0.25) is 4.79 Å². The van der Waals surface area contributed by atoms with Crippen molar-refractivity contribution in [2.75, 3.05) is 0 Å². The van der Waals surface area contributed by atoms with Crippen molar-refractivity contribution in [1.29, 1.82) is 0 Å². The number of aliphatic carboxylic acids is 1. The number of carbonyl (C=O) groups is 1. The van der Waals surface area contributed by atoms with Gasteiger partial charge in [0.2, 0.25) is 6.23 Å². The van der Waals surface area contributed by atoms with Gasteiger partial charge in [-0.05, 0) is 23.5 Å². The molecule has 4 unspecified atom stereocenters. The Morgan fingerprint density at radius 3 is 2.31 bits per heavy atom. The largest absolute Gasteiger partial charge is 0.481 e. The maximum atomic E-state index is 10.7. The van der Waals surface area contributed by atoms with Crippen LogP contribution in [0.4, 0.5) is 0 Å². The first-order valence-electron chi connectivity index (χ1n) is 5.48. The lowest BCUT2D eigenvalue weighted by Gasteiger charge is -2.00. The molecule has 2 fully saturated rings. The normalized spacial score (nSPS) is 35.8. The summed E-state index contributed by atoms with van der Waals surface area (Å²) in [5.41, 5.74) is 6.07. The van der Waals surface area contributed by atoms with Crippen LogP contribution in [0.3, 0.4) is 0 Å².